The van der Waals surface area contributed by atoms with Crippen molar-refractivity contribution >= 4 is 40.8 Å². The summed E-state index contributed by atoms with van der Waals surface area (Å²) in [6.07, 6.45) is 3.32. The van der Waals surface area contributed by atoms with Gasteiger partial charge in [-0.3, -0.25) is 19.3 Å². The number of nitrogens with one attached hydrogen (secondary N) is 5. The molecule has 59 heavy (non-hydrogen) atoms. The summed E-state index contributed by atoms with van der Waals surface area (Å²) in [5.74, 6) is 0.401. The third-order valence-electron chi connectivity index (χ3n) is 9.94. The van der Waals surface area contributed by atoms with Crippen LogP contribution in [0.4, 0.5) is 16.2 Å². The molecule has 0 saturated carbocycles. The maximum Gasteiger partial charge on any atom is 0.321 e. The zero-order valence-corrected chi connectivity index (χ0v) is 33.8. The zero-order chi connectivity index (χ0) is 41.4. The summed E-state index contributed by atoms with van der Waals surface area (Å²) in [7, 11) is 1.64. The average Bonchev–Trinajstić information content (AvgIpc) is 3.34. The fraction of sp³-hybridized carbons (Fsp3) is 0.356. The molecule has 14 nitrogen and oxygen atoms in total. The molecule has 5 N–H and O–H groups in total. The number of hydrogen-bond donors (Lipinski definition) is 5. The Morgan fingerprint density at radius 2 is 1.56 bits per heavy atom. The number of aryl methyl sites for hydroxylation is 1. The highest BCUT2D eigenvalue weighted by Crippen LogP contribution is 2.28. The SMILES string of the molecule is Cc1cccc(NC(=O)NC2N=C(c3cccc(OCC(=O)NCCNCC(=O)NCCCOc4cccc(CN5CCCCC5)c4)c3)c3ccccc3N(C)C2=O)c1. The minimum absolute atomic E-state index is 0.126. The molecule has 0 aliphatic carbocycles. The molecule has 5 amide bonds. The predicted molar refractivity (Wildman–Crippen MR) is 229 cm³/mol. The van der Waals surface area contributed by atoms with Crippen LogP contribution in [0.3, 0.4) is 0 Å². The first kappa shape index (κ1) is 42.4. The standard InChI is InChI=1S/C45H54N8O6/c1-32-12-8-15-35(26-32)49-45(57)51-43-44(56)52(2)39-19-5-4-18-38(39)42(50-43)34-14-10-17-37(28-34)59-31-41(55)48-22-21-46-29-40(54)47-20-11-25-58-36-16-9-13-33(27-36)30-53-23-6-3-7-24-53/h4-5,8-10,12-19,26-28,43,46H,3,6-7,11,20-25,29-31H2,1-2H3,(H,47,54)(H,48,55)(H2,49,51,57). The van der Waals surface area contributed by atoms with Crippen LogP contribution >= 0.6 is 0 Å². The van der Waals surface area contributed by atoms with Gasteiger partial charge in [0.1, 0.15) is 11.5 Å². The lowest BCUT2D eigenvalue weighted by Crippen LogP contribution is -2.47. The maximum atomic E-state index is 13.6. The van der Waals surface area contributed by atoms with Gasteiger partial charge >= 0.3 is 6.03 Å². The quantitative estimate of drug-likeness (QED) is 0.0911. The number of likely N-dealkylation sites (N-methyl/N-ethyl adjacent to an activating group) is 1. The number of piperidine rings is 1. The van der Waals surface area contributed by atoms with Crippen molar-refractivity contribution in [2.45, 2.75) is 45.3 Å². The number of fused-ring (bicyclic) bond motifs is 1. The fourth-order valence-electron chi connectivity index (χ4n) is 6.95. The van der Waals surface area contributed by atoms with Crippen LogP contribution in [-0.4, -0.2) is 100 Å². The molecule has 4 aromatic rings. The molecule has 0 spiro atoms. The Bertz CT molecular complexity index is 2100. The van der Waals surface area contributed by atoms with Crippen molar-refractivity contribution in [3.63, 3.8) is 0 Å². The third-order valence-corrected chi connectivity index (χ3v) is 9.94. The van der Waals surface area contributed by atoms with Crippen LogP contribution in [0.2, 0.25) is 0 Å². The minimum atomic E-state index is -1.22. The highest BCUT2D eigenvalue weighted by Gasteiger charge is 2.31. The Morgan fingerprint density at radius 3 is 2.39 bits per heavy atom. The van der Waals surface area contributed by atoms with E-state index in [1.54, 1.807) is 31.3 Å². The number of anilines is 2. The number of hydrogen-bond acceptors (Lipinski definition) is 9. The van der Waals surface area contributed by atoms with Crippen molar-refractivity contribution < 1.29 is 28.7 Å². The van der Waals surface area contributed by atoms with Gasteiger partial charge in [-0.25, -0.2) is 9.79 Å². The fourth-order valence-corrected chi connectivity index (χ4v) is 6.95. The van der Waals surface area contributed by atoms with Gasteiger partial charge in [-0.2, -0.15) is 0 Å². The topological polar surface area (TPSA) is 166 Å². The van der Waals surface area contributed by atoms with E-state index in [4.69, 9.17) is 14.5 Å². The molecule has 2 heterocycles. The van der Waals surface area contributed by atoms with E-state index < -0.39 is 18.1 Å². The molecule has 0 aromatic heterocycles. The van der Waals surface area contributed by atoms with Gasteiger partial charge in [-0.15, -0.1) is 0 Å². The molecular weight excluding hydrogens is 749 g/mol. The predicted octanol–water partition coefficient (Wildman–Crippen LogP) is 4.61. The summed E-state index contributed by atoms with van der Waals surface area (Å²) < 4.78 is 11.8. The molecule has 1 atom stereocenters. The first-order chi connectivity index (χ1) is 28.7. The van der Waals surface area contributed by atoms with Gasteiger partial charge in [-0.05, 0) is 92.9 Å². The van der Waals surface area contributed by atoms with E-state index in [9.17, 15) is 19.2 Å². The lowest BCUT2D eigenvalue weighted by atomic mass is 10.00. The van der Waals surface area contributed by atoms with E-state index in [0.29, 0.717) is 66.6 Å². The maximum absolute atomic E-state index is 13.6. The smallest absolute Gasteiger partial charge is 0.321 e. The number of aliphatic imine (C=N–C) groups is 1. The summed E-state index contributed by atoms with van der Waals surface area (Å²) in [6.45, 7) is 6.78. The summed E-state index contributed by atoms with van der Waals surface area (Å²) in [5, 5.41) is 14.2. The molecule has 1 unspecified atom stereocenters. The molecule has 4 aromatic carbocycles. The Morgan fingerprint density at radius 1 is 0.797 bits per heavy atom. The summed E-state index contributed by atoms with van der Waals surface area (Å²) >= 11 is 0. The van der Waals surface area contributed by atoms with E-state index in [1.807, 2.05) is 67.6 Å². The number of carbonyl (C=O) groups excluding carboxylic acids is 4. The van der Waals surface area contributed by atoms with E-state index in [2.05, 4.69) is 43.6 Å². The van der Waals surface area contributed by atoms with Crippen LogP contribution < -0.4 is 41.0 Å². The van der Waals surface area contributed by atoms with Crippen LogP contribution in [0.1, 0.15) is 47.9 Å². The summed E-state index contributed by atoms with van der Waals surface area (Å²) in [4.78, 5) is 60.2. The molecule has 1 fully saturated rings. The molecule has 0 radical (unpaired) electrons. The van der Waals surface area contributed by atoms with Gasteiger partial charge in [0.05, 0.1) is 24.6 Å². The molecule has 310 valence electrons. The number of ether oxygens (including phenoxy) is 2. The normalized spacial score (nSPS) is 15.3. The van der Waals surface area contributed by atoms with Crippen molar-refractivity contribution in [2.24, 2.45) is 4.99 Å². The van der Waals surface area contributed by atoms with Crippen LogP contribution in [0, 0.1) is 6.92 Å². The van der Waals surface area contributed by atoms with Crippen molar-refractivity contribution in [1.29, 1.82) is 0 Å². The molecule has 14 heteroatoms. The Hall–Kier alpha value is -6.25. The Labute approximate surface area is 345 Å². The first-order valence-electron chi connectivity index (χ1n) is 20.2. The van der Waals surface area contributed by atoms with Gasteiger partial charge in [0.25, 0.3) is 11.8 Å². The number of para-hydroxylation sites is 1. The van der Waals surface area contributed by atoms with Crippen molar-refractivity contribution in [3.8, 4) is 11.5 Å². The molecule has 2 aliphatic heterocycles. The number of rotatable bonds is 18. The van der Waals surface area contributed by atoms with Crippen molar-refractivity contribution in [1.82, 2.24) is 26.2 Å². The van der Waals surface area contributed by atoms with E-state index in [-0.39, 0.29) is 25.0 Å². The van der Waals surface area contributed by atoms with Crippen molar-refractivity contribution in [3.05, 3.63) is 119 Å². The highest BCUT2D eigenvalue weighted by molar-refractivity contribution is 6.20. The second-order valence-corrected chi connectivity index (χ2v) is 14.6. The monoisotopic (exact) mass is 802 g/mol. The van der Waals surface area contributed by atoms with E-state index in [1.165, 1.54) is 29.7 Å². The Kier molecular flexibility index (Phi) is 15.4. The van der Waals surface area contributed by atoms with E-state index >= 15 is 0 Å². The van der Waals surface area contributed by atoms with Crippen LogP contribution in [0.5, 0.6) is 11.5 Å². The van der Waals surface area contributed by atoms with Gasteiger partial charge < -0.3 is 41.0 Å². The van der Waals surface area contributed by atoms with Crippen LogP contribution in [0.25, 0.3) is 0 Å². The average molecular weight is 803 g/mol. The highest BCUT2D eigenvalue weighted by atomic mass is 16.5. The molecule has 2 aliphatic rings. The summed E-state index contributed by atoms with van der Waals surface area (Å²) in [6, 6.07) is 29.4. The zero-order valence-electron chi connectivity index (χ0n) is 33.8. The van der Waals surface area contributed by atoms with E-state index in [0.717, 1.165) is 30.9 Å². The lowest BCUT2D eigenvalue weighted by Gasteiger charge is -2.26. The number of benzene rings is 4. The third kappa shape index (κ3) is 12.9. The number of amides is 5. The second kappa shape index (κ2) is 21.5. The van der Waals surface area contributed by atoms with Gasteiger partial charge in [0, 0.05) is 50.0 Å². The van der Waals surface area contributed by atoms with Gasteiger partial charge in [-0.1, -0.05) is 61.0 Å². The number of nitrogens with zero attached hydrogens (tertiary/aromatic N) is 3. The number of benzodiazepines with no additional fused rings is 1. The molecule has 1 saturated heterocycles. The van der Waals surface area contributed by atoms with Crippen LogP contribution in [-0.2, 0) is 20.9 Å². The summed E-state index contributed by atoms with van der Waals surface area (Å²) in [5.41, 5.74) is 5.25. The largest absolute Gasteiger partial charge is 0.494 e. The number of carbonyl (C=O) groups is 4. The number of likely N-dealkylation sites (tertiary alicyclic amines) is 1. The number of urea groups is 1. The van der Waals surface area contributed by atoms with Crippen LogP contribution in [0.15, 0.2) is 102 Å². The van der Waals surface area contributed by atoms with Gasteiger partial charge in [0.15, 0.2) is 6.61 Å². The molecule has 6 rings (SSSR count). The van der Waals surface area contributed by atoms with Gasteiger partial charge in [0.2, 0.25) is 12.1 Å². The second-order valence-electron chi connectivity index (χ2n) is 14.6. The minimum Gasteiger partial charge on any atom is -0.494 e. The lowest BCUT2D eigenvalue weighted by molar-refractivity contribution is -0.123. The Balaban J connectivity index is 0.910. The molecular formula is C45H54N8O6. The molecule has 0 bridgehead atoms. The van der Waals surface area contributed by atoms with Crippen molar-refractivity contribution in [2.75, 3.05) is 69.7 Å². The first-order valence-corrected chi connectivity index (χ1v) is 20.2.